The van der Waals surface area contributed by atoms with E-state index in [0.29, 0.717) is 12.0 Å². The summed E-state index contributed by atoms with van der Waals surface area (Å²) in [4.78, 5) is 0. The van der Waals surface area contributed by atoms with E-state index < -0.39 is 8.32 Å². The van der Waals surface area contributed by atoms with Gasteiger partial charge in [0.2, 0.25) is 0 Å². The monoisotopic (exact) mass is 554 g/mol. The Morgan fingerprint density at radius 3 is 2.11 bits per heavy atom. The smallest absolute Gasteiger partial charge is 0.261 e. The van der Waals surface area contributed by atoms with Gasteiger partial charge in [-0.25, -0.2) is 0 Å². The normalized spacial score (nSPS) is 24.8. The van der Waals surface area contributed by atoms with Crippen molar-refractivity contribution < 1.29 is 9.16 Å². The molecule has 0 saturated carbocycles. The molecule has 0 bridgehead atoms. The zero-order valence-corrected chi connectivity index (χ0v) is 26.1. The fourth-order valence-corrected chi connectivity index (χ4v) is 14.1. The predicted molar refractivity (Wildman–Crippen MR) is 167 cm³/mol. The summed E-state index contributed by atoms with van der Waals surface area (Å²) in [6, 6.07) is 22.0. The van der Waals surface area contributed by atoms with Crippen LogP contribution in [0, 0.1) is 5.92 Å². The summed E-state index contributed by atoms with van der Waals surface area (Å²) in [5, 5.41) is 2.71. The third-order valence-electron chi connectivity index (χ3n) is 8.00. The Morgan fingerprint density at radius 1 is 0.973 bits per heavy atom. The Labute approximate surface area is 235 Å². The van der Waals surface area contributed by atoms with Gasteiger partial charge in [-0.05, 0) is 65.4 Å². The molecule has 0 spiro atoms. The lowest BCUT2D eigenvalue weighted by Crippen LogP contribution is -2.66. The summed E-state index contributed by atoms with van der Waals surface area (Å²) in [7, 11) is -2.50. The summed E-state index contributed by atoms with van der Waals surface area (Å²) in [6.45, 7) is 12.3. The summed E-state index contributed by atoms with van der Waals surface area (Å²) in [6.07, 6.45) is 11.1. The van der Waals surface area contributed by atoms with Crippen molar-refractivity contribution in [1.29, 1.82) is 0 Å². The molecule has 0 aliphatic carbocycles. The molecule has 5 heteroatoms. The van der Waals surface area contributed by atoms with Gasteiger partial charge in [0.1, 0.15) is 0 Å². The van der Waals surface area contributed by atoms with Crippen LogP contribution >= 0.6 is 23.5 Å². The molecule has 0 N–H and O–H groups in total. The van der Waals surface area contributed by atoms with Gasteiger partial charge in [0.25, 0.3) is 8.32 Å². The van der Waals surface area contributed by atoms with Gasteiger partial charge in [0.15, 0.2) is 0 Å². The lowest BCUT2D eigenvalue weighted by atomic mass is 9.90. The molecule has 2 saturated heterocycles. The number of benzene rings is 2. The van der Waals surface area contributed by atoms with Gasteiger partial charge in [-0.3, -0.25) is 0 Å². The summed E-state index contributed by atoms with van der Waals surface area (Å²) < 4.78 is 14.2. The summed E-state index contributed by atoms with van der Waals surface area (Å²) in [5.74, 6) is 3.09. The molecular formula is C32H46O2S2Si. The van der Waals surface area contributed by atoms with Crippen LogP contribution in [0.25, 0.3) is 0 Å². The lowest BCUT2D eigenvalue weighted by Gasteiger charge is -2.44. The van der Waals surface area contributed by atoms with E-state index in [1.54, 1.807) is 0 Å². The number of allylic oxidation sites excluding steroid dienone is 1. The summed E-state index contributed by atoms with van der Waals surface area (Å²) >= 11 is 4.25. The molecule has 2 aliphatic heterocycles. The predicted octanol–water partition coefficient (Wildman–Crippen LogP) is 7.67. The van der Waals surface area contributed by atoms with E-state index in [2.05, 4.69) is 131 Å². The lowest BCUT2D eigenvalue weighted by molar-refractivity contribution is -0.0882. The Bertz CT molecular complexity index is 943. The third-order valence-corrected chi connectivity index (χ3v) is 16.3. The number of ether oxygens (including phenoxy) is 1. The maximum Gasteiger partial charge on any atom is 0.261 e. The zero-order chi connectivity index (χ0) is 26.4. The van der Waals surface area contributed by atoms with E-state index in [-0.39, 0.29) is 15.2 Å². The molecule has 3 atom stereocenters. The Morgan fingerprint density at radius 2 is 1.57 bits per heavy atom. The molecule has 2 heterocycles. The van der Waals surface area contributed by atoms with E-state index in [1.807, 2.05) is 0 Å². The highest BCUT2D eigenvalue weighted by molar-refractivity contribution is 8.19. The second-order valence-corrected chi connectivity index (χ2v) is 19.1. The van der Waals surface area contributed by atoms with Crippen LogP contribution in [0.4, 0.5) is 0 Å². The van der Waals surface area contributed by atoms with Crippen LogP contribution in [0.5, 0.6) is 0 Å². The molecule has 4 rings (SSSR count). The number of hydrogen-bond donors (Lipinski definition) is 0. The zero-order valence-electron chi connectivity index (χ0n) is 23.5. The molecule has 2 aromatic carbocycles. The minimum atomic E-state index is -2.50. The van der Waals surface area contributed by atoms with Crippen molar-refractivity contribution in [3.63, 3.8) is 0 Å². The van der Waals surface area contributed by atoms with E-state index in [4.69, 9.17) is 9.16 Å². The van der Waals surface area contributed by atoms with E-state index in [1.165, 1.54) is 41.1 Å². The van der Waals surface area contributed by atoms with E-state index in [9.17, 15) is 0 Å². The number of hydrogen-bond acceptors (Lipinski definition) is 4. The van der Waals surface area contributed by atoms with Crippen LogP contribution < -0.4 is 10.4 Å². The molecule has 0 aromatic heterocycles. The van der Waals surface area contributed by atoms with Crippen LogP contribution in [-0.2, 0) is 9.16 Å². The van der Waals surface area contributed by atoms with E-state index >= 15 is 0 Å². The molecule has 2 fully saturated rings. The first-order chi connectivity index (χ1) is 17.8. The molecular weight excluding hydrogens is 509 g/mol. The van der Waals surface area contributed by atoms with Crippen molar-refractivity contribution in [3.05, 3.63) is 72.8 Å². The van der Waals surface area contributed by atoms with Crippen LogP contribution in [0.15, 0.2) is 72.8 Å². The van der Waals surface area contributed by atoms with Crippen molar-refractivity contribution in [2.45, 2.75) is 88.0 Å². The maximum atomic E-state index is 7.20. The first-order valence-electron chi connectivity index (χ1n) is 14.1. The Balaban J connectivity index is 1.50. The van der Waals surface area contributed by atoms with Gasteiger partial charge in [-0.2, -0.15) is 0 Å². The fourth-order valence-electron chi connectivity index (χ4n) is 6.12. The molecule has 0 radical (unpaired) electrons. The average Bonchev–Trinajstić information content (AvgIpc) is 2.89. The van der Waals surface area contributed by atoms with Crippen LogP contribution in [0.1, 0.15) is 66.7 Å². The van der Waals surface area contributed by atoms with Crippen molar-refractivity contribution in [1.82, 2.24) is 0 Å². The Kier molecular flexibility index (Phi) is 10.1. The SMILES string of the molecule is C/C=C/C1(C[C@@H]2CC[C@@H](C)[C@H](CCO[Si](c3ccccc3)(c3ccccc3)C(C)(C)C)O2)SCCCS1. The van der Waals surface area contributed by atoms with Gasteiger partial charge in [0.05, 0.1) is 16.3 Å². The van der Waals surface area contributed by atoms with Crippen LogP contribution in [0.2, 0.25) is 5.04 Å². The second kappa shape index (κ2) is 12.9. The minimum Gasteiger partial charge on any atom is -0.407 e. The third kappa shape index (κ3) is 6.78. The van der Waals surface area contributed by atoms with Crippen molar-refractivity contribution in [2.75, 3.05) is 18.1 Å². The summed E-state index contributed by atoms with van der Waals surface area (Å²) in [5.41, 5.74) is 0. The topological polar surface area (TPSA) is 18.5 Å². The number of rotatable bonds is 9. The van der Waals surface area contributed by atoms with Gasteiger partial charge < -0.3 is 9.16 Å². The number of thioether (sulfide) groups is 2. The highest BCUT2D eigenvalue weighted by atomic mass is 32.2. The van der Waals surface area contributed by atoms with Gasteiger partial charge >= 0.3 is 0 Å². The van der Waals surface area contributed by atoms with Crippen molar-refractivity contribution >= 4 is 42.2 Å². The molecule has 0 unspecified atom stereocenters. The van der Waals surface area contributed by atoms with Crippen LogP contribution in [-0.4, -0.2) is 42.7 Å². The standard InChI is InChI=1S/C32H46O2S2Si/c1-6-21-32(35-23-13-24-36-32)25-27-19-18-26(2)30(34-27)20-22-33-37(31(3,4)5,28-14-9-7-10-15-28)29-16-11-8-12-17-29/h6-12,14-17,21,26-27,30H,13,18-20,22-25H2,1-5H3/b21-6+/t26-,27+,30+/m1/s1. The van der Waals surface area contributed by atoms with Crippen molar-refractivity contribution in [2.24, 2.45) is 5.92 Å². The Hall–Kier alpha value is -0.983. The molecule has 0 amide bonds. The highest BCUT2D eigenvalue weighted by Gasteiger charge is 2.50. The first kappa shape index (κ1) is 29.0. The minimum absolute atomic E-state index is 0.00553. The molecule has 2 aromatic rings. The maximum absolute atomic E-state index is 7.20. The second-order valence-electron chi connectivity index (χ2n) is 11.7. The fraction of sp³-hybridized carbons (Fsp3) is 0.562. The highest BCUT2D eigenvalue weighted by Crippen LogP contribution is 2.48. The average molecular weight is 555 g/mol. The molecule has 2 aliphatic rings. The van der Waals surface area contributed by atoms with Gasteiger partial charge in [0, 0.05) is 13.0 Å². The van der Waals surface area contributed by atoms with Gasteiger partial charge in [-0.15, -0.1) is 23.5 Å². The van der Waals surface area contributed by atoms with Crippen LogP contribution in [0.3, 0.4) is 0 Å². The largest absolute Gasteiger partial charge is 0.407 e. The van der Waals surface area contributed by atoms with Gasteiger partial charge in [-0.1, -0.05) is 101 Å². The quantitative estimate of drug-likeness (QED) is 0.234. The first-order valence-corrected chi connectivity index (χ1v) is 18.0. The molecule has 202 valence electrons. The molecule has 37 heavy (non-hydrogen) atoms. The molecule has 2 nitrogen and oxygen atoms in total. The van der Waals surface area contributed by atoms with Crippen molar-refractivity contribution in [3.8, 4) is 0 Å². The van der Waals surface area contributed by atoms with E-state index in [0.717, 1.165) is 19.4 Å².